The van der Waals surface area contributed by atoms with Crippen molar-refractivity contribution in [3.8, 4) is 0 Å². The van der Waals surface area contributed by atoms with Crippen LogP contribution in [0.4, 0.5) is 0 Å². The van der Waals surface area contributed by atoms with Gasteiger partial charge in [0.25, 0.3) is 0 Å². The van der Waals surface area contributed by atoms with Crippen LogP contribution < -0.4 is 0 Å². The first kappa shape index (κ1) is 17.5. The highest BCUT2D eigenvalue weighted by Crippen LogP contribution is 2.28. The van der Waals surface area contributed by atoms with E-state index in [0.29, 0.717) is 13.0 Å². The highest BCUT2D eigenvalue weighted by atomic mass is 16.5. The van der Waals surface area contributed by atoms with Gasteiger partial charge in [-0.1, -0.05) is 71.1 Å². The van der Waals surface area contributed by atoms with E-state index in [2.05, 4.69) is 6.92 Å². The van der Waals surface area contributed by atoms with E-state index in [4.69, 9.17) is 4.74 Å². The summed E-state index contributed by atoms with van der Waals surface area (Å²) < 4.78 is 5.30. The summed E-state index contributed by atoms with van der Waals surface area (Å²) in [6.07, 6.45) is 17.3. The molecule has 2 nitrogen and oxygen atoms in total. The van der Waals surface area contributed by atoms with Gasteiger partial charge in [0.05, 0.1) is 6.61 Å². The molecule has 0 spiro atoms. The molecule has 2 heteroatoms. The molecule has 0 aliphatic heterocycles. The summed E-state index contributed by atoms with van der Waals surface area (Å²) >= 11 is 0. The molecule has 0 heterocycles. The Hall–Kier alpha value is -0.530. The molecule has 0 N–H and O–H groups in total. The maximum absolute atomic E-state index is 11.6. The van der Waals surface area contributed by atoms with Gasteiger partial charge < -0.3 is 4.74 Å². The molecule has 0 saturated heterocycles. The van der Waals surface area contributed by atoms with Gasteiger partial charge in [-0.05, 0) is 25.2 Å². The molecule has 1 aliphatic carbocycles. The van der Waals surface area contributed by atoms with E-state index in [9.17, 15) is 4.79 Å². The quantitative estimate of drug-likeness (QED) is 0.342. The molecule has 0 aromatic rings. The number of hydrogen-bond acceptors (Lipinski definition) is 2. The van der Waals surface area contributed by atoms with Gasteiger partial charge in [0, 0.05) is 6.42 Å². The van der Waals surface area contributed by atoms with E-state index < -0.39 is 0 Å². The molecule has 1 rings (SSSR count). The lowest BCUT2D eigenvalue weighted by atomic mass is 10.0. The Balaban J connectivity index is 1.80. The molecule has 0 radical (unpaired) electrons. The molecule has 1 aliphatic rings. The Labute approximate surface area is 125 Å². The van der Waals surface area contributed by atoms with E-state index in [1.165, 1.54) is 70.6 Å². The van der Waals surface area contributed by atoms with Crippen molar-refractivity contribution in [2.45, 2.75) is 96.8 Å². The summed E-state index contributed by atoms with van der Waals surface area (Å²) in [4.78, 5) is 11.6. The minimum Gasteiger partial charge on any atom is -0.466 e. The third-order valence-electron chi connectivity index (χ3n) is 4.48. The standard InChI is InChI=1S/C18H34O2/c1-2-3-4-5-6-7-10-16-20-18(19)15-11-14-17-12-8-9-13-17/h17H,2-16H2,1H3. The maximum Gasteiger partial charge on any atom is 0.305 e. The van der Waals surface area contributed by atoms with Crippen LogP contribution in [-0.2, 0) is 9.53 Å². The van der Waals surface area contributed by atoms with Crippen LogP contribution in [0.25, 0.3) is 0 Å². The van der Waals surface area contributed by atoms with Crippen molar-refractivity contribution in [2.75, 3.05) is 6.61 Å². The fraction of sp³-hybridized carbons (Fsp3) is 0.944. The zero-order valence-corrected chi connectivity index (χ0v) is 13.5. The topological polar surface area (TPSA) is 26.3 Å². The van der Waals surface area contributed by atoms with Gasteiger partial charge in [-0.3, -0.25) is 4.79 Å². The Morgan fingerprint density at radius 3 is 2.30 bits per heavy atom. The second-order valence-corrected chi connectivity index (χ2v) is 6.38. The number of hydrogen-bond donors (Lipinski definition) is 0. The predicted octanol–water partition coefficient (Wildman–Crippen LogP) is 5.64. The summed E-state index contributed by atoms with van der Waals surface area (Å²) in [5.74, 6) is 0.917. The van der Waals surface area contributed by atoms with Gasteiger partial charge in [0.15, 0.2) is 0 Å². The summed E-state index contributed by atoms with van der Waals surface area (Å²) in [5.41, 5.74) is 0. The fourth-order valence-corrected chi connectivity index (χ4v) is 3.15. The molecule has 1 saturated carbocycles. The molecule has 1 fully saturated rings. The summed E-state index contributed by atoms with van der Waals surface area (Å²) in [5, 5.41) is 0. The number of rotatable bonds is 12. The largest absolute Gasteiger partial charge is 0.466 e. The zero-order chi connectivity index (χ0) is 14.5. The number of unbranched alkanes of at least 4 members (excludes halogenated alkanes) is 6. The molecule has 0 aromatic carbocycles. The highest BCUT2D eigenvalue weighted by molar-refractivity contribution is 5.69. The molecule has 0 atom stereocenters. The van der Waals surface area contributed by atoms with Crippen molar-refractivity contribution in [1.82, 2.24) is 0 Å². The third kappa shape index (κ3) is 9.39. The van der Waals surface area contributed by atoms with Crippen molar-refractivity contribution < 1.29 is 9.53 Å². The van der Waals surface area contributed by atoms with E-state index in [0.717, 1.165) is 18.8 Å². The van der Waals surface area contributed by atoms with Gasteiger partial charge in [-0.2, -0.15) is 0 Å². The van der Waals surface area contributed by atoms with Gasteiger partial charge in [-0.25, -0.2) is 0 Å². The van der Waals surface area contributed by atoms with Gasteiger partial charge >= 0.3 is 5.97 Å². The van der Waals surface area contributed by atoms with E-state index >= 15 is 0 Å². The number of carbonyl (C=O) groups excluding carboxylic acids is 1. The Kier molecular flexibility index (Phi) is 10.7. The first-order valence-corrected chi connectivity index (χ1v) is 8.98. The van der Waals surface area contributed by atoms with Crippen molar-refractivity contribution in [3.05, 3.63) is 0 Å². The second-order valence-electron chi connectivity index (χ2n) is 6.38. The van der Waals surface area contributed by atoms with Crippen LogP contribution in [0, 0.1) is 5.92 Å². The Bertz CT molecular complexity index is 232. The molecule has 20 heavy (non-hydrogen) atoms. The molecule has 0 bridgehead atoms. The van der Waals surface area contributed by atoms with Crippen LogP contribution in [-0.4, -0.2) is 12.6 Å². The van der Waals surface area contributed by atoms with E-state index in [-0.39, 0.29) is 5.97 Å². The first-order valence-electron chi connectivity index (χ1n) is 8.98. The third-order valence-corrected chi connectivity index (χ3v) is 4.48. The van der Waals surface area contributed by atoms with E-state index in [1.54, 1.807) is 0 Å². The number of esters is 1. The van der Waals surface area contributed by atoms with Crippen molar-refractivity contribution in [2.24, 2.45) is 5.92 Å². The molecule has 118 valence electrons. The molecular weight excluding hydrogens is 248 g/mol. The Morgan fingerprint density at radius 2 is 1.60 bits per heavy atom. The van der Waals surface area contributed by atoms with Gasteiger partial charge in [0.1, 0.15) is 0 Å². The summed E-state index contributed by atoms with van der Waals surface area (Å²) in [6, 6.07) is 0. The molecule has 0 aromatic heterocycles. The number of carbonyl (C=O) groups is 1. The minimum atomic E-state index is 0.0222. The summed E-state index contributed by atoms with van der Waals surface area (Å²) in [6.45, 7) is 2.88. The second kappa shape index (κ2) is 12.2. The Morgan fingerprint density at radius 1 is 0.950 bits per heavy atom. The smallest absolute Gasteiger partial charge is 0.305 e. The van der Waals surface area contributed by atoms with Gasteiger partial charge in [0.2, 0.25) is 0 Å². The lowest BCUT2D eigenvalue weighted by Crippen LogP contribution is -2.06. The average Bonchev–Trinajstić information content (AvgIpc) is 2.95. The maximum atomic E-state index is 11.6. The van der Waals surface area contributed by atoms with Crippen LogP contribution >= 0.6 is 0 Å². The monoisotopic (exact) mass is 282 g/mol. The zero-order valence-electron chi connectivity index (χ0n) is 13.5. The molecule has 0 amide bonds. The van der Waals surface area contributed by atoms with Crippen LogP contribution in [0.1, 0.15) is 96.8 Å². The fourth-order valence-electron chi connectivity index (χ4n) is 3.15. The lowest BCUT2D eigenvalue weighted by Gasteiger charge is -2.08. The molecular formula is C18H34O2. The number of ether oxygens (including phenoxy) is 1. The van der Waals surface area contributed by atoms with Crippen LogP contribution in [0.15, 0.2) is 0 Å². The van der Waals surface area contributed by atoms with Crippen LogP contribution in [0.2, 0.25) is 0 Å². The van der Waals surface area contributed by atoms with Crippen LogP contribution in [0.3, 0.4) is 0 Å². The average molecular weight is 282 g/mol. The molecule has 0 unspecified atom stereocenters. The van der Waals surface area contributed by atoms with Crippen molar-refractivity contribution in [3.63, 3.8) is 0 Å². The first-order chi connectivity index (χ1) is 9.83. The highest BCUT2D eigenvalue weighted by Gasteiger charge is 2.15. The minimum absolute atomic E-state index is 0.0222. The predicted molar refractivity (Wildman–Crippen MR) is 84.8 cm³/mol. The van der Waals surface area contributed by atoms with Gasteiger partial charge in [-0.15, -0.1) is 0 Å². The SMILES string of the molecule is CCCCCCCCCOC(=O)CCCC1CCCC1. The normalized spacial score (nSPS) is 15.7. The van der Waals surface area contributed by atoms with Crippen LogP contribution in [0.5, 0.6) is 0 Å². The lowest BCUT2D eigenvalue weighted by molar-refractivity contribution is -0.143. The van der Waals surface area contributed by atoms with Crippen molar-refractivity contribution in [1.29, 1.82) is 0 Å². The summed E-state index contributed by atoms with van der Waals surface area (Å²) in [7, 11) is 0. The van der Waals surface area contributed by atoms with Crippen molar-refractivity contribution >= 4 is 5.97 Å². The van der Waals surface area contributed by atoms with E-state index in [1.807, 2.05) is 0 Å².